The molecule has 4 heteroatoms. The highest BCUT2D eigenvalue weighted by molar-refractivity contribution is 5.95. The standard InChI is InChI=1S/C20H24N2O2/c1-15(20(2,3)4)21-22-19(23)17-10-12-18(13-11-17)24-14-16-8-6-5-7-9-16/h5-13H,14H2,1-4H3,(H,22,23). The van der Waals surface area contributed by atoms with Crippen molar-refractivity contribution in [3.63, 3.8) is 0 Å². The van der Waals surface area contributed by atoms with Crippen LogP contribution in [0.4, 0.5) is 0 Å². The largest absolute Gasteiger partial charge is 0.489 e. The average molecular weight is 324 g/mol. The van der Waals surface area contributed by atoms with E-state index in [-0.39, 0.29) is 11.3 Å². The van der Waals surface area contributed by atoms with E-state index in [9.17, 15) is 4.79 Å². The summed E-state index contributed by atoms with van der Waals surface area (Å²) in [6, 6.07) is 17.0. The molecule has 0 aromatic heterocycles. The second-order valence-corrected chi connectivity index (χ2v) is 6.69. The lowest BCUT2D eigenvalue weighted by atomic mass is 9.91. The van der Waals surface area contributed by atoms with E-state index >= 15 is 0 Å². The fourth-order valence-corrected chi connectivity index (χ4v) is 1.81. The first-order chi connectivity index (χ1) is 11.4. The molecule has 0 aliphatic rings. The SMILES string of the molecule is CC(=NNC(=O)c1ccc(OCc2ccccc2)cc1)C(C)(C)C. The first kappa shape index (κ1) is 17.7. The third-order valence-electron chi connectivity index (χ3n) is 3.78. The van der Waals surface area contributed by atoms with Gasteiger partial charge in [-0.1, -0.05) is 51.1 Å². The Labute approximate surface area is 143 Å². The van der Waals surface area contributed by atoms with Crippen LogP contribution >= 0.6 is 0 Å². The van der Waals surface area contributed by atoms with Crippen LogP contribution in [0, 0.1) is 5.41 Å². The predicted molar refractivity (Wildman–Crippen MR) is 97.2 cm³/mol. The number of benzene rings is 2. The molecule has 0 radical (unpaired) electrons. The Morgan fingerprint density at radius 1 is 1.04 bits per heavy atom. The Morgan fingerprint density at radius 2 is 1.67 bits per heavy atom. The van der Waals surface area contributed by atoms with Crippen molar-refractivity contribution in [2.24, 2.45) is 10.5 Å². The van der Waals surface area contributed by atoms with E-state index in [2.05, 4.69) is 31.3 Å². The molecule has 126 valence electrons. The lowest BCUT2D eigenvalue weighted by Crippen LogP contribution is -2.24. The molecule has 0 unspecified atom stereocenters. The Balaban J connectivity index is 1.93. The van der Waals surface area contributed by atoms with Crippen LogP contribution in [-0.4, -0.2) is 11.6 Å². The number of carbonyl (C=O) groups is 1. The lowest BCUT2D eigenvalue weighted by molar-refractivity contribution is 0.0954. The summed E-state index contributed by atoms with van der Waals surface area (Å²) in [7, 11) is 0. The number of amides is 1. The van der Waals surface area contributed by atoms with Crippen LogP contribution in [0.2, 0.25) is 0 Å². The van der Waals surface area contributed by atoms with Crippen molar-refractivity contribution in [3.05, 3.63) is 65.7 Å². The van der Waals surface area contributed by atoms with Gasteiger partial charge in [-0.3, -0.25) is 4.79 Å². The number of hydrogen-bond acceptors (Lipinski definition) is 3. The quantitative estimate of drug-likeness (QED) is 0.654. The van der Waals surface area contributed by atoms with Crippen LogP contribution in [-0.2, 0) is 6.61 Å². The Morgan fingerprint density at radius 3 is 2.25 bits per heavy atom. The summed E-state index contributed by atoms with van der Waals surface area (Å²) >= 11 is 0. The van der Waals surface area contributed by atoms with Gasteiger partial charge in [-0.15, -0.1) is 0 Å². The smallest absolute Gasteiger partial charge is 0.271 e. The molecule has 2 aromatic carbocycles. The third-order valence-corrected chi connectivity index (χ3v) is 3.78. The molecule has 0 aliphatic carbocycles. The number of hydrogen-bond donors (Lipinski definition) is 1. The van der Waals surface area contributed by atoms with Crippen molar-refractivity contribution in [1.82, 2.24) is 5.43 Å². The van der Waals surface area contributed by atoms with E-state index in [0.717, 1.165) is 17.0 Å². The minimum Gasteiger partial charge on any atom is -0.489 e. The van der Waals surface area contributed by atoms with Gasteiger partial charge >= 0.3 is 0 Å². The lowest BCUT2D eigenvalue weighted by Gasteiger charge is -2.17. The molecule has 1 amide bonds. The van der Waals surface area contributed by atoms with Crippen molar-refractivity contribution in [2.45, 2.75) is 34.3 Å². The zero-order valence-corrected chi connectivity index (χ0v) is 14.7. The molecular formula is C20H24N2O2. The molecule has 0 heterocycles. The van der Waals surface area contributed by atoms with Gasteiger partial charge in [0, 0.05) is 16.7 Å². The van der Waals surface area contributed by atoms with Crippen LogP contribution in [0.15, 0.2) is 59.7 Å². The summed E-state index contributed by atoms with van der Waals surface area (Å²) in [6.07, 6.45) is 0. The molecule has 0 spiro atoms. The second kappa shape index (κ2) is 7.77. The molecule has 0 fully saturated rings. The molecule has 0 saturated carbocycles. The highest BCUT2D eigenvalue weighted by Gasteiger charge is 2.15. The van der Waals surface area contributed by atoms with Gasteiger partial charge in [0.2, 0.25) is 0 Å². The molecular weight excluding hydrogens is 300 g/mol. The number of carbonyl (C=O) groups excluding carboxylic acids is 1. The van der Waals surface area contributed by atoms with Gasteiger partial charge in [-0.05, 0) is 36.8 Å². The van der Waals surface area contributed by atoms with Gasteiger partial charge in [-0.2, -0.15) is 5.10 Å². The fourth-order valence-electron chi connectivity index (χ4n) is 1.81. The molecule has 0 bridgehead atoms. The summed E-state index contributed by atoms with van der Waals surface area (Å²) < 4.78 is 5.71. The Hall–Kier alpha value is -2.62. The van der Waals surface area contributed by atoms with Crippen molar-refractivity contribution in [2.75, 3.05) is 0 Å². The normalized spacial score (nSPS) is 11.9. The van der Waals surface area contributed by atoms with E-state index in [4.69, 9.17) is 4.74 Å². The molecule has 1 N–H and O–H groups in total. The number of nitrogens with one attached hydrogen (secondary N) is 1. The van der Waals surface area contributed by atoms with Gasteiger partial charge in [-0.25, -0.2) is 5.43 Å². The number of rotatable bonds is 5. The van der Waals surface area contributed by atoms with Crippen LogP contribution in [0.3, 0.4) is 0 Å². The van der Waals surface area contributed by atoms with Crippen LogP contribution in [0.5, 0.6) is 5.75 Å². The van der Waals surface area contributed by atoms with Gasteiger partial charge in [0.25, 0.3) is 5.91 Å². The topological polar surface area (TPSA) is 50.7 Å². The van der Waals surface area contributed by atoms with Gasteiger partial charge < -0.3 is 4.74 Å². The third kappa shape index (κ3) is 5.23. The van der Waals surface area contributed by atoms with Crippen LogP contribution < -0.4 is 10.2 Å². The van der Waals surface area contributed by atoms with Crippen molar-refractivity contribution in [3.8, 4) is 5.75 Å². The van der Waals surface area contributed by atoms with Crippen molar-refractivity contribution in [1.29, 1.82) is 0 Å². The van der Waals surface area contributed by atoms with Gasteiger partial charge in [0.1, 0.15) is 12.4 Å². The van der Waals surface area contributed by atoms with E-state index in [1.807, 2.05) is 37.3 Å². The summed E-state index contributed by atoms with van der Waals surface area (Å²) in [5.41, 5.74) is 5.05. The highest BCUT2D eigenvalue weighted by atomic mass is 16.5. The molecule has 0 atom stereocenters. The zero-order chi connectivity index (χ0) is 17.6. The summed E-state index contributed by atoms with van der Waals surface area (Å²) in [6.45, 7) is 8.56. The minimum absolute atomic E-state index is 0.0670. The van der Waals surface area contributed by atoms with E-state index < -0.39 is 0 Å². The monoisotopic (exact) mass is 324 g/mol. The summed E-state index contributed by atoms with van der Waals surface area (Å²) in [4.78, 5) is 12.1. The van der Waals surface area contributed by atoms with Crippen molar-refractivity contribution >= 4 is 11.6 Å². The number of ether oxygens (including phenoxy) is 1. The molecule has 24 heavy (non-hydrogen) atoms. The number of hydrazone groups is 1. The van der Waals surface area contributed by atoms with Crippen LogP contribution in [0.25, 0.3) is 0 Å². The maximum absolute atomic E-state index is 12.1. The molecule has 0 aliphatic heterocycles. The molecule has 2 rings (SSSR count). The summed E-state index contributed by atoms with van der Waals surface area (Å²) in [5, 5.41) is 4.16. The molecule has 0 saturated heterocycles. The summed E-state index contributed by atoms with van der Waals surface area (Å²) in [5.74, 6) is 0.498. The van der Waals surface area contributed by atoms with E-state index in [1.54, 1.807) is 24.3 Å². The Kier molecular flexibility index (Phi) is 5.74. The van der Waals surface area contributed by atoms with Gasteiger partial charge in [0.05, 0.1) is 0 Å². The molecule has 4 nitrogen and oxygen atoms in total. The fraction of sp³-hybridized carbons (Fsp3) is 0.300. The second-order valence-electron chi connectivity index (χ2n) is 6.69. The minimum atomic E-state index is -0.229. The highest BCUT2D eigenvalue weighted by Crippen LogP contribution is 2.16. The maximum atomic E-state index is 12.1. The predicted octanol–water partition coefficient (Wildman–Crippen LogP) is 4.42. The Bertz CT molecular complexity index is 699. The first-order valence-electron chi connectivity index (χ1n) is 7.98. The molecule has 2 aromatic rings. The van der Waals surface area contributed by atoms with Gasteiger partial charge in [0.15, 0.2) is 0 Å². The van der Waals surface area contributed by atoms with Crippen molar-refractivity contribution < 1.29 is 9.53 Å². The zero-order valence-electron chi connectivity index (χ0n) is 14.7. The maximum Gasteiger partial charge on any atom is 0.271 e. The first-order valence-corrected chi connectivity index (χ1v) is 7.98. The van der Waals surface area contributed by atoms with E-state index in [1.165, 1.54) is 0 Å². The average Bonchev–Trinajstić information content (AvgIpc) is 2.58. The number of nitrogens with zero attached hydrogens (tertiary/aromatic N) is 1. The van der Waals surface area contributed by atoms with Crippen LogP contribution in [0.1, 0.15) is 43.6 Å². The van der Waals surface area contributed by atoms with E-state index in [0.29, 0.717) is 12.2 Å².